The van der Waals surface area contributed by atoms with E-state index in [0.717, 1.165) is 18.4 Å². The van der Waals surface area contributed by atoms with Crippen molar-refractivity contribution in [2.75, 3.05) is 0 Å². The summed E-state index contributed by atoms with van der Waals surface area (Å²) in [6, 6.07) is 5.40. The fourth-order valence-electron chi connectivity index (χ4n) is 1.29. The molecule has 1 aliphatic carbocycles. The second-order valence-electron chi connectivity index (χ2n) is 3.50. The molecule has 0 bridgehead atoms. The molecule has 0 atom stereocenters. The van der Waals surface area contributed by atoms with Crippen molar-refractivity contribution in [3.05, 3.63) is 35.1 Å². The van der Waals surface area contributed by atoms with Crippen LogP contribution in [0, 0.1) is 12.7 Å². The lowest BCUT2D eigenvalue weighted by atomic mass is 10.1. The van der Waals surface area contributed by atoms with Crippen LogP contribution in [-0.2, 0) is 4.75 Å². The van der Waals surface area contributed by atoms with Crippen molar-refractivity contribution in [2.24, 2.45) is 0 Å². The summed E-state index contributed by atoms with van der Waals surface area (Å²) in [5, 5.41) is 0. The number of benzene rings is 1. The zero-order chi connectivity index (χ0) is 8.77. The van der Waals surface area contributed by atoms with Crippen molar-refractivity contribution in [2.45, 2.75) is 24.5 Å². The zero-order valence-corrected chi connectivity index (χ0v) is 7.87. The van der Waals surface area contributed by atoms with Gasteiger partial charge >= 0.3 is 0 Å². The molecule has 0 spiro atoms. The summed E-state index contributed by atoms with van der Waals surface area (Å²) in [7, 11) is 0. The fourth-order valence-corrected chi connectivity index (χ4v) is 1.54. The maximum Gasteiger partial charge on any atom is 0.126 e. The molecule has 0 N–H and O–H groups in total. The Bertz CT molecular complexity index is 316. The highest BCUT2D eigenvalue weighted by molar-refractivity contribution is 7.81. The Morgan fingerprint density at radius 3 is 2.58 bits per heavy atom. The number of hydrogen-bond donors (Lipinski definition) is 1. The van der Waals surface area contributed by atoms with Crippen LogP contribution < -0.4 is 0 Å². The average Bonchev–Trinajstić information content (AvgIpc) is 2.75. The van der Waals surface area contributed by atoms with Crippen LogP contribution in [0.1, 0.15) is 24.0 Å². The molecular weight excluding hydrogens is 171 g/mol. The summed E-state index contributed by atoms with van der Waals surface area (Å²) in [6.07, 6.45) is 2.14. The van der Waals surface area contributed by atoms with E-state index >= 15 is 0 Å². The van der Waals surface area contributed by atoms with Gasteiger partial charge in [0.1, 0.15) is 5.82 Å². The first-order valence-electron chi connectivity index (χ1n) is 4.11. The molecule has 0 heterocycles. The van der Waals surface area contributed by atoms with Gasteiger partial charge in [-0.3, -0.25) is 0 Å². The molecule has 2 rings (SSSR count). The molecule has 12 heavy (non-hydrogen) atoms. The first-order valence-corrected chi connectivity index (χ1v) is 4.55. The van der Waals surface area contributed by atoms with Crippen LogP contribution in [0.4, 0.5) is 4.39 Å². The summed E-state index contributed by atoms with van der Waals surface area (Å²) >= 11 is 4.47. The summed E-state index contributed by atoms with van der Waals surface area (Å²) in [5.74, 6) is -0.118. The Labute approximate surface area is 77.2 Å². The van der Waals surface area contributed by atoms with E-state index in [2.05, 4.69) is 12.6 Å². The smallest absolute Gasteiger partial charge is 0.126 e. The highest BCUT2D eigenvalue weighted by Gasteiger charge is 2.40. The molecule has 2 heteroatoms. The molecule has 0 unspecified atom stereocenters. The predicted molar refractivity (Wildman–Crippen MR) is 51.0 cm³/mol. The van der Waals surface area contributed by atoms with Crippen molar-refractivity contribution in [1.82, 2.24) is 0 Å². The van der Waals surface area contributed by atoms with E-state index < -0.39 is 0 Å². The van der Waals surface area contributed by atoms with Gasteiger partial charge in [0.05, 0.1) is 0 Å². The first-order chi connectivity index (χ1) is 5.62. The minimum atomic E-state index is -0.118. The maximum absolute atomic E-state index is 13.1. The van der Waals surface area contributed by atoms with E-state index in [0.29, 0.717) is 5.56 Å². The van der Waals surface area contributed by atoms with Crippen molar-refractivity contribution in [3.63, 3.8) is 0 Å². The van der Waals surface area contributed by atoms with E-state index in [9.17, 15) is 4.39 Å². The van der Waals surface area contributed by atoms with Crippen molar-refractivity contribution in [3.8, 4) is 0 Å². The van der Waals surface area contributed by atoms with Crippen molar-refractivity contribution < 1.29 is 4.39 Å². The average molecular weight is 182 g/mol. The fraction of sp³-hybridized carbons (Fsp3) is 0.400. The molecule has 0 amide bonds. The number of halogens is 1. The Morgan fingerprint density at radius 1 is 1.42 bits per heavy atom. The Kier molecular flexibility index (Phi) is 1.69. The van der Waals surface area contributed by atoms with Crippen LogP contribution in [0.5, 0.6) is 0 Å². The number of hydrogen-bond acceptors (Lipinski definition) is 1. The molecule has 1 aromatic carbocycles. The minimum Gasteiger partial charge on any atom is -0.207 e. The molecule has 1 fully saturated rings. The van der Waals surface area contributed by atoms with Crippen LogP contribution in [0.3, 0.4) is 0 Å². The van der Waals surface area contributed by atoms with Crippen molar-refractivity contribution >= 4 is 12.6 Å². The molecule has 0 saturated heterocycles. The van der Waals surface area contributed by atoms with Crippen molar-refractivity contribution in [1.29, 1.82) is 0 Å². The van der Waals surface area contributed by atoms with Gasteiger partial charge in [-0.2, -0.15) is 12.6 Å². The van der Waals surface area contributed by atoms with Gasteiger partial charge in [0, 0.05) is 4.75 Å². The zero-order valence-electron chi connectivity index (χ0n) is 6.97. The molecule has 1 aliphatic rings. The minimum absolute atomic E-state index is 0.0193. The second kappa shape index (κ2) is 2.49. The molecule has 0 nitrogen and oxygen atoms in total. The molecule has 0 aromatic heterocycles. The lowest BCUT2D eigenvalue weighted by Crippen LogP contribution is -1.97. The third-order valence-corrected chi connectivity index (χ3v) is 3.14. The van der Waals surface area contributed by atoms with Crippen LogP contribution in [0.2, 0.25) is 0 Å². The molecule has 64 valence electrons. The Hall–Kier alpha value is -0.500. The van der Waals surface area contributed by atoms with E-state index in [-0.39, 0.29) is 10.6 Å². The maximum atomic E-state index is 13.1. The van der Waals surface area contributed by atoms with Crippen LogP contribution in [-0.4, -0.2) is 0 Å². The predicted octanol–water partition coefficient (Wildman–Crippen LogP) is 3.05. The number of rotatable bonds is 1. The third-order valence-electron chi connectivity index (χ3n) is 2.43. The summed E-state index contributed by atoms with van der Waals surface area (Å²) in [5.41, 5.74) is 1.73. The topological polar surface area (TPSA) is 0 Å². The van der Waals surface area contributed by atoms with Gasteiger partial charge in [-0.25, -0.2) is 4.39 Å². The van der Waals surface area contributed by atoms with E-state index in [1.165, 1.54) is 0 Å². The standard InChI is InChI=1S/C10H11FS/c1-7-2-3-8(6-9(7)11)10(12)4-5-10/h2-3,6,12H,4-5H2,1H3. The highest BCUT2D eigenvalue weighted by atomic mass is 32.1. The van der Waals surface area contributed by atoms with Crippen LogP contribution in [0.15, 0.2) is 18.2 Å². The first kappa shape index (κ1) is 8.11. The van der Waals surface area contributed by atoms with Gasteiger partial charge in [0.2, 0.25) is 0 Å². The van der Waals surface area contributed by atoms with Gasteiger partial charge < -0.3 is 0 Å². The molecular formula is C10H11FS. The highest BCUT2D eigenvalue weighted by Crippen LogP contribution is 2.51. The Morgan fingerprint density at radius 2 is 2.08 bits per heavy atom. The second-order valence-corrected chi connectivity index (χ2v) is 4.35. The van der Waals surface area contributed by atoms with E-state index in [4.69, 9.17) is 0 Å². The molecule has 0 aliphatic heterocycles. The van der Waals surface area contributed by atoms with Gasteiger partial charge in [-0.05, 0) is 37.0 Å². The monoisotopic (exact) mass is 182 g/mol. The lowest BCUT2D eigenvalue weighted by molar-refractivity contribution is 0.615. The number of aryl methyl sites for hydroxylation is 1. The SMILES string of the molecule is Cc1ccc(C2(S)CC2)cc1F. The summed E-state index contributed by atoms with van der Waals surface area (Å²) in [6.45, 7) is 1.78. The van der Waals surface area contributed by atoms with Crippen LogP contribution >= 0.6 is 12.6 Å². The third kappa shape index (κ3) is 1.24. The normalized spacial score (nSPS) is 19.2. The van der Waals surface area contributed by atoms with Gasteiger partial charge in [-0.15, -0.1) is 0 Å². The summed E-state index contributed by atoms with van der Waals surface area (Å²) < 4.78 is 13.1. The van der Waals surface area contributed by atoms with Gasteiger partial charge in [0.25, 0.3) is 0 Å². The van der Waals surface area contributed by atoms with Gasteiger partial charge in [-0.1, -0.05) is 12.1 Å². The number of thiol groups is 1. The largest absolute Gasteiger partial charge is 0.207 e. The summed E-state index contributed by atoms with van der Waals surface area (Å²) in [4.78, 5) is 0. The van der Waals surface area contributed by atoms with E-state index in [1.807, 2.05) is 12.1 Å². The molecule has 0 radical (unpaired) electrons. The van der Waals surface area contributed by atoms with Gasteiger partial charge in [0.15, 0.2) is 0 Å². The Balaban J connectivity index is 2.41. The quantitative estimate of drug-likeness (QED) is 0.634. The van der Waals surface area contributed by atoms with E-state index in [1.54, 1.807) is 13.0 Å². The molecule has 1 aromatic rings. The van der Waals surface area contributed by atoms with Crippen LogP contribution in [0.25, 0.3) is 0 Å². The lowest BCUT2D eigenvalue weighted by Gasteiger charge is -2.08. The molecule has 1 saturated carbocycles.